The lowest BCUT2D eigenvalue weighted by Gasteiger charge is -2.21. The first kappa shape index (κ1) is 24.5. The quantitative estimate of drug-likeness (QED) is 0.481. The van der Waals surface area contributed by atoms with Gasteiger partial charge in [-0.15, -0.1) is 0 Å². The third-order valence-electron chi connectivity index (χ3n) is 5.93. The normalized spacial score (nSPS) is 16.0. The molecule has 0 N–H and O–H groups in total. The van der Waals surface area contributed by atoms with E-state index in [1.165, 1.54) is 12.7 Å². The molecule has 33 heavy (non-hydrogen) atoms. The summed E-state index contributed by atoms with van der Waals surface area (Å²) in [5, 5.41) is 6.19. The maximum Gasteiger partial charge on any atom is 0.311 e. The molecule has 2 aromatic carbocycles. The Balaban J connectivity index is 1.64. The number of benzene rings is 2. The molecule has 1 unspecified atom stereocenters. The Labute approximate surface area is 196 Å². The Morgan fingerprint density at radius 3 is 2.30 bits per heavy atom. The van der Waals surface area contributed by atoms with E-state index in [-0.39, 0.29) is 24.4 Å². The van der Waals surface area contributed by atoms with Crippen molar-refractivity contribution >= 4 is 17.6 Å². The van der Waals surface area contributed by atoms with Gasteiger partial charge < -0.3 is 9.47 Å². The highest BCUT2D eigenvalue weighted by Crippen LogP contribution is 2.26. The standard InChI is InChI=1S/C27H34N2O4/c1-6-7-23-24(28-29(25(23)30)17-21-10-8-19(2)9-11-21)18-33-22-14-12-20(13-15-22)16-27(3,4)26(31)32-5/h8-15,23H,6-7,16-18H2,1-5H3. The summed E-state index contributed by atoms with van der Waals surface area (Å²) in [5.41, 5.74) is 3.45. The first-order chi connectivity index (χ1) is 15.7. The largest absolute Gasteiger partial charge is 0.488 e. The van der Waals surface area contributed by atoms with Gasteiger partial charge in [0.05, 0.1) is 30.7 Å². The van der Waals surface area contributed by atoms with Crippen LogP contribution in [-0.2, 0) is 27.3 Å². The second-order valence-corrected chi connectivity index (χ2v) is 9.30. The van der Waals surface area contributed by atoms with Crippen molar-refractivity contribution in [2.24, 2.45) is 16.4 Å². The fourth-order valence-electron chi connectivity index (χ4n) is 4.00. The van der Waals surface area contributed by atoms with Gasteiger partial charge in [-0.2, -0.15) is 5.10 Å². The highest BCUT2D eigenvalue weighted by atomic mass is 16.5. The van der Waals surface area contributed by atoms with E-state index in [2.05, 4.69) is 12.0 Å². The number of hydrogen-bond donors (Lipinski definition) is 0. The maximum absolute atomic E-state index is 13.0. The number of carbonyl (C=O) groups is 2. The highest BCUT2D eigenvalue weighted by molar-refractivity contribution is 6.08. The van der Waals surface area contributed by atoms with Crippen molar-refractivity contribution < 1.29 is 19.1 Å². The Morgan fingerprint density at radius 1 is 1.06 bits per heavy atom. The predicted octanol–water partition coefficient (Wildman–Crippen LogP) is 4.93. The van der Waals surface area contributed by atoms with Gasteiger partial charge in [0.15, 0.2) is 0 Å². The van der Waals surface area contributed by atoms with Crippen LogP contribution in [0.3, 0.4) is 0 Å². The van der Waals surface area contributed by atoms with Crippen molar-refractivity contribution in [1.82, 2.24) is 5.01 Å². The fourth-order valence-corrected chi connectivity index (χ4v) is 4.00. The van der Waals surface area contributed by atoms with Crippen LogP contribution in [0.1, 0.15) is 50.3 Å². The van der Waals surface area contributed by atoms with Crippen LogP contribution >= 0.6 is 0 Å². The van der Waals surface area contributed by atoms with Crippen LogP contribution in [0.2, 0.25) is 0 Å². The monoisotopic (exact) mass is 450 g/mol. The minimum absolute atomic E-state index is 0.0383. The first-order valence-electron chi connectivity index (χ1n) is 11.5. The number of carbonyl (C=O) groups excluding carboxylic acids is 2. The Morgan fingerprint density at radius 2 is 1.70 bits per heavy atom. The number of esters is 1. The van der Waals surface area contributed by atoms with Crippen LogP contribution < -0.4 is 4.74 Å². The average molecular weight is 451 g/mol. The molecule has 0 radical (unpaired) electrons. The number of hydrogen-bond acceptors (Lipinski definition) is 5. The summed E-state index contributed by atoms with van der Waals surface area (Å²) in [7, 11) is 1.41. The average Bonchev–Trinajstić information content (AvgIpc) is 3.08. The summed E-state index contributed by atoms with van der Waals surface area (Å²) in [4.78, 5) is 24.9. The molecular weight excluding hydrogens is 416 g/mol. The minimum Gasteiger partial charge on any atom is -0.488 e. The van der Waals surface area contributed by atoms with Gasteiger partial charge in [0.2, 0.25) is 0 Å². The molecule has 176 valence electrons. The van der Waals surface area contributed by atoms with Gasteiger partial charge in [-0.3, -0.25) is 9.59 Å². The second kappa shape index (κ2) is 10.6. The molecule has 1 aliphatic rings. The number of methoxy groups -OCH3 is 1. The van der Waals surface area contributed by atoms with E-state index in [4.69, 9.17) is 9.47 Å². The molecule has 1 heterocycles. The number of hydrazone groups is 1. The van der Waals surface area contributed by atoms with Gasteiger partial charge in [0, 0.05) is 0 Å². The molecule has 0 aromatic heterocycles. The van der Waals surface area contributed by atoms with Gasteiger partial charge >= 0.3 is 5.97 Å². The molecule has 6 nitrogen and oxygen atoms in total. The lowest BCUT2D eigenvalue weighted by Crippen LogP contribution is -2.29. The number of ether oxygens (including phenoxy) is 2. The van der Waals surface area contributed by atoms with Gasteiger partial charge in [-0.05, 0) is 56.9 Å². The Hall–Kier alpha value is -3.15. The van der Waals surface area contributed by atoms with Crippen LogP contribution in [0.5, 0.6) is 5.75 Å². The molecule has 0 bridgehead atoms. The van der Waals surface area contributed by atoms with Gasteiger partial charge in [0.1, 0.15) is 12.4 Å². The molecule has 1 amide bonds. The molecule has 0 saturated heterocycles. The van der Waals surface area contributed by atoms with Crippen LogP contribution in [0.4, 0.5) is 0 Å². The summed E-state index contributed by atoms with van der Waals surface area (Å²) in [6.07, 6.45) is 2.24. The van der Waals surface area contributed by atoms with Crippen LogP contribution in [0.25, 0.3) is 0 Å². The third kappa shape index (κ3) is 6.21. The zero-order chi connectivity index (χ0) is 24.0. The number of aryl methyl sites for hydroxylation is 1. The fraction of sp³-hybridized carbons (Fsp3) is 0.444. The zero-order valence-electron chi connectivity index (χ0n) is 20.3. The molecule has 0 aliphatic carbocycles. The smallest absolute Gasteiger partial charge is 0.311 e. The molecule has 0 saturated carbocycles. The van der Waals surface area contributed by atoms with Gasteiger partial charge in [-0.25, -0.2) is 5.01 Å². The van der Waals surface area contributed by atoms with E-state index in [9.17, 15) is 9.59 Å². The number of amides is 1. The van der Waals surface area contributed by atoms with Crippen molar-refractivity contribution in [3.8, 4) is 5.75 Å². The van der Waals surface area contributed by atoms with E-state index in [0.29, 0.717) is 18.7 Å². The van der Waals surface area contributed by atoms with Crippen molar-refractivity contribution in [2.75, 3.05) is 13.7 Å². The van der Waals surface area contributed by atoms with E-state index in [1.54, 1.807) is 5.01 Å². The van der Waals surface area contributed by atoms with E-state index in [1.807, 2.05) is 69.3 Å². The molecule has 2 aromatic rings. The van der Waals surface area contributed by atoms with Gasteiger partial charge in [0.25, 0.3) is 5.91 Å². The molecule has 0 fully saturated rings. The van der Waals surface area contributed by atoms with E-state index < -0.39 is 5.41 Å². The summed E-state index contributed by atoms with van der Waals surface area (Å²) >= 11 is 0. The SMILES string of the molecule is CCCC1C(=O)N(Cc2ccc(C)cc2)N=C1COc1ccc(CC(C)(C)C(=O)OC)cc1. The van der Waals surface area contributed by atoms with Crippen LogP contribution in [-0.4, -0.2) is 36.3 Å². The van der Waals surface area contributed by atoms with Gasteiger partial charge in [-0.1, -0.05) is 55.3 Å². The lowest BCUT2D eigenvalue weighted by atomic mass is 9.86. The lowest BCUT2D eigenvalue weighted by molar-refractivity contribution is -0.150. The van der Waals surface area contributed by atoms with Crippen molar-refractivity contribution in [3.05, 3.63) is 65.2 Å². The maximum atomic E-state index is 13.0. The molecule has 6 heteroatoms. The summed E-state index contributed by atoms with van der Waals surface area (Å²) in [5.74, 6) is 0.276. The van der Waals surface area contributed by atoms with E-state index >= 15 is 0 Å². The molecule has 0 spiro atoms. The van der Waals surface area contributed by atoms with E-state index in [0.717, 1.165) is 29.7 Å². The van der Waals surface area contributed by atoms with Crippen molar-refractivity contribution in [1.29, 1.82) is 0 Å². The minimum atomic E-state index is -0.593. The van der Waals surface area contributed by atoms with Crippen LogP contribution in [0.15, 0.2) is 53.6 Å². The number of nitrogens with zero attached hydrogens (tertiary/aromatic N) is 2. The molecule has 3 rings (SSSR count). The van der Waals surface area contributed by atoms with Crippen molar-refractivity contribution in [2.45, 2.75) is 53.5 Å². The number of rotatable bonds is 10. The Kier molecular flexibility index (Phi) is 7.90. The molecular formula is C27H34N2O4. The van der Waals surface area contributed by atoms with Crippen LogP contribution in [0, 0.1) is 18.3 Å². The topological polar surface area (TPSA) is 68.2 Å². The first-order valence-corrected chi connectivity index (χ1v) is 11.5. The van der Waals surface area contributed by atoms with Crippen molar-refractivity contribution in [3.63, 3.8) is 0 Å². The molecule has 1 aliphatic heterocycles. The third-order valence-corrected chi connectivity index (χ3v) is 5.93. The summed E-state index contributed by atoms with van der Waals surface area (Å²) in [6, 6.07) is 15.8. The summed E-state index contributed by atoms with van der Waals surface area (Å²) < 4.78 is 10.9. The molecule has 1 atom stereocenters. The zero-order valence-corrected chi connectivity index (χ0v) is 20.3. The highest BCUT2D eigenvalue weighted by Gasteiger charge is 2.35. The Bertz CT molecular complexity index is 994. The second-order valence-electron chi connectivity index (χ2n) is 9.30. The predicted molar refractivity (Wildman–Crippen MR) is 129 cm³/mol. The summed E-state index contributed by atoms with van der Waals surface area (Å²) in [6.45, 7) is 8.59.